The molecule has 0 saturated heterocycles. The minimum atomic E-state index is -1.39. The summed E-state index contributed by atoms with van der Waals surface area (Å²) in [5.41, 5.74) is 0. The summed E-state index contributed by atoms with van der Waals surface area (Å²) in [6.07, 6.45) is -0.696. The first-order valence-electron chi connectivity index (χ1n) is 9.29. The van der Waals surface area contributed by atoms with Crippen LogP contribution in [0.2, 0.25) is 0 Å². The molecule has 0 radical (unpaired) electrons. The Bertz CT molecular complexity index is 833. The van der Waals surface area contributed by atoms with Crippen molar-refractivity contribution in [3.05, 3.63) is 11.8 Å². The van der Waals surface area contributed by atoms with E-state index in [1.165, 1.54) is 27.9 Å². The van der Waals surface area contributed by atoms with Crippen LogP contribution < -0.4 is 0 Å². The van der Waals surface area contributed by atoms with Crippen LogP contribution in [0.5, 0.6) is 0 Å². The molecule has 0 N–H and O–H groups in total. The van der Waals surface area contributed by atoms with Crippen LogP contribution in [-0.4, -0.2) is 67.5 Å². The molecule has 2 aliphatic heterocycles. The highest BCUT2D eigenvalue weighted by Crippen LogP contribution is 2.60. The Morgan fingerprint density at radius 2 is 1.77 bits per heavy atom. The fourth-order valence-electron chi connectivity index (χ4n) is 4.12. The minimum absolute atomic E-state index is 0.0505. The second kappa shape index (κ2) is 7.96. The van der Waals surface area contributed by atoms with Gasteiger partial charge < -0.3 is 28.4 Å². The number of carbonyl (C=O) groups excluding carboxylic acids is 4. The summed E-state index contributed by atoms with van der Waals surface area (Å²) in [7, 11) is 1.22. The SMILES string of the molecule is COC(=O)C1=CC2[C@H]3N=C(C)OC2(O1)C3[C@H](OC(C)=O)[C@@H](COC(C)=O)OC(C)=O. The maximum atomic E-state index is 12.0. The molecule has 0 amide bonds. The molecule has 3 aliphatic rings. The molecular formula is C19H23NO10. The van der Waals surface area contributed by atoms with Gasteiger partial charge in [0.15, 0.2) is 18.1 Å². The first-order valence-corrected chi connectivity index (χ1v) is 9.29. The summed E-state index contributed by atoms with van der Waals surface area (Å²) in [6.45, 7) is 4.84. The van der Waals surface area contributed by atoms with Crippen molar-refractivity contribution < 1.29 is 47.6 Å². The second-order valence-corrected chi connectivity index (χ2v) is 7.16. The van der Waals surface area contributed by atoms with Gasteiger partial charge >= 0.3 is 23.9 Å². The Hall–Kier alpha value is -3.11. The third-order valence-electron chi connectivity index (χ3n) is 5.08. The Morgan fingerprint density at radius 3 is 2.33 bits per heavy atom. The van der Waals surface area contributed by atoms with E-state index >= 15 is 0 Å². The van der Waals surface area contributed by atoms with E-state index in [1.54, 1.807) is 13.0 Å². The van der Waals surface area contributed by atoms with Gasteiger partial charge in [-0.05, 0) is 6.08 Å². The molecule has 1 fully saturated rings. The van der Waals surface area contributed by atoms with Gasteiger partial charge in [-0.15, -0.1) is 0 Å². The summed E-state index contributed by atoms with van der Waals surface area (Å²) < 4.78 is 32.2. The maximum Gasteiger partial charge on any atom is 0.373 e. The quantitative estimate of drug-likeness (QED) is 0.413. The number of methoxy groups -OCH3 is 1. The normalized spacial score (nSPS) is 30.0. The van der Waals surface area contributed by atoms with E-state index in [0.717, 1.165) is 0 Å². The third kappa shape index (κ3) is 3.71. The number of nitrogens with zero attached hydrogens (tertiary/aromatic N) is 1. The van der Waals surface area contributed by atoms with Gasteiger partial charge in [-0.3, -0.25) is 19.4 Å². The summed E-state index contributed by atoms with van der Waals surface area (Å²) in [4.78, 5) is 51.2. The van der Waals surface area contributed by atoms with Gasteiger partial charge in [0.2, 0.25) is 5.76 Å². The zero-order valence-electron chi connectivity index (χ0n) is 17.2. The van der Waals surface area contributed by atoms with Gasteiger partial charge in [0.05, 0.1) is 19.1 Å². The number of hydrogen-bond donors (Lipinski definition) is 0. The fraction of sp³-hybridized carbons (Fsp3) is 0.632. The molecule has 11 heteroatoms. The molecule has 6 atom stereocenters. The first kappa shape index (κ1) is 21.6. The lowest BCUT2D eigenvalue weighted by Gasteiger charge is -2.58. The number of aliphatic imine (C=N–C) groups is 1. The monoisotopic (exact) mass is 425 g/mol. The third-order valence-corrected chi connectivity index (χ3v) is 5.08. The largest absolute Gasteiger partial charge is 0.463 e. The zero-order valence-corrected chi connectivity index (χ0v) is 17.2. The Kier molecular flexibility index (Phi) is 5.73. The van der Waals surface area contributed by atoms with Crippen LogP contribution in [-0.2, 0) is 47.6 Å². The lowest BCUT2D eigenvalue weighted by atomic mass is 9.60. The Labute approximate surface area is 172 Å². The molecule has 11 nitrogen and oxygen atoms in total. The van der Waals surface area contributed by atoms with Gasteiger partial charge in [0.1, 0.15) is 12.5 Å². The number of hydrogen-bond acceptors (Lipinski definition) is 11. The van der Waals surface area contributed by atoms with Crippen molar-refractivity contribution in [2.75, 3.05) is 13.7 Å². The molecule has 164 valence electrons. The average Bonchev–Trinajstić information content (AvgIpc) is 2.98. The Balaban J connectivity index is 1.95. The topological polar surface area (TPSA) is 136 Å². The maximum absolute atomic E-state index is 12.0. The molecule has 30 heavy (non-hydrogen) atoms. The van der Waals surface area contributed by atoms with Crippen LogP contribution in [0.3, 0.4) is 0 Å². The fourth-order valence-corrected chi connectivity index (χ4v) is 4.12. The molecular weight excluding hydrogens is 402 g/mol. The lowest BCUT2D eigenvalue weighted by Crippen LogP contribution is -2.73. The summed E-state index contributed by atoms with van der Waals surface area (Å²) >= 11 is 0. The van der Waals surface area contributed by atoms with Crippen LogP contribution in [0, 0.1) is 11.8 Å². The highest BCUT2D eigenvalue weighted by Gasteiger charge is 2.75. The molecule has 1 saturated carbocycles. The van der Waals surface area contributed by atoms with Gasteiger partial charge in [0.25, 0.3) is 5.79 Å². The van der Waals surface area contributed by atoms with Crippen molar-refractivity contribution in [1.29, 1.82) is 0 Å². The smallest absolute Gasteiger partial charge is 0.373 e. The van der Waals surface area contributed by atoms with Crippen molar-refractivity contribution in [3.63, 3.8) is 0 Å². The van der Waals surface area contributed by atoms with E-state index < -0.39 is 59.7 Å². The molecule has 1 aliphatic carbocycles. The standard InChI is InChI=1S/C19H23NO10/c1-8-20-16-12-6-13(18(24)25-5)30-19(12,29-8)15(16)17(28-11(4)23)14(27-10(3)22)7-26-9(2)21/h6,12,14-17H,7H2,1-5H3/t12?,14-,15?,16-,17-,19?/m1/s1. The second-order valence-electron chi connectivity index (χ2n) is 7.16. The van der Waals surface area contributed by atoms with Crippen molar-refractivity contribution in [1.82, 2.24) is 0 Å². The molecule has 2 heterocycles. The van der Waals surface area contributed by atoms with Crippen LogP contribution in [0.4, 0.5) is 0 Å². The average molecular weight is 425 g/mol. The summed E-state index contributed by atoms with van der Waals surface area (Å²) in [5, 5.41) is 0. The van der Waals surface area contributed by atoms with Crippen LogP contribution >= 0.6 is 0 Å². The van der Waals surface area contributed by atoms with E-state index in [0.29, 0.717) is 5.90 Å². The zero-order chi connectivity index (χ0) is 22.2. The minimum Gasteiger partial charge on any atom is -0.463 e. The van der Waals surface area contributed by atoms with E-state index in [4.69, 9.17) is 28.4 Å². The summed E-state index contributed by atoms with van der Waals surface area (Å²) in [5.74, 6) is -4.90. The van der Waals surface area contributed by atoms with E-state index in [2.05, 4.69) is 4.99 Å². The van der Waals surface area contributed by atoms with Gasteiger partial charge in [0, 0.05) is 27.7 Å². The molecule has 3 unspecified atom stereocenters. The number of ether oxygens (including phenoxy) is 6. The molecule has 0 aromatic rings. The van der Waals surface area contributed by atoms with Crippen LogP contribution in [0.25, 0.3) is 0 Å². The van der Waals surface area contributed by atoms with Crippen LogP contribution in [0.1, 0.15) is 27.7 Å². The number of carbonyl (C=O) groups is 4. The number of rotatable bonds is 7. The molecule has 3 rings (SSSR count). The molecule has 2 bridgehead atoms. The van der Waals surface area contributed by atoms with Crippen molar-refractivity contribution in [2.45, 2.75) is 51.7 Å². The lowest BCUT2D eigenvalue weighted by molar-refractivity contribution is -0.314. The van der Waals surface area contributed by atoms with Crippen LogP contribution in [0.15, 0.2) is 16.8 Å². The van der Waals surface area contributed by atoms with E-state index in [9.17, 15) is 19.2 Å². The van der Waals surface area contributed by atoms with Gasteiger partial charge in [-0.25, -0.2) is 4.79 Å². The van der Waals surface area contributed by atoms with Crippen molar-refractivity contribution >= 4 is 29.8 Å². The first-order chi connectivity index (χ1) is 14.1. The molecule has 0 aromatic heterocycles. The van der Waals surface area contributed by atoms with Gasteiger partial charge in [-0.1, -0.05) is 0 Å². The molecule has 0 spiro atoms. The van der Waals surface area contributed by atoms with E-state index in [1.807, 2.05) is 0 Å². The van der Waals surface area contributed by atoms with Crippen molar-refractivity contribution in [3.8, 4) is 0 Å². The van der Waals surface area contributed by atoms with E-state index in [-0.39, 0.29) is 12.4 Å². The van der Waals surface area contributed by atoms with Gasteiger partial charge in [-0.2, -0.15) is 0 Å². The Morgan fingerprint density at radius 1 is 1.10 bits per heavy atom. The summed E-state index contributed by atoms with van der Waals surface area (Å²) in [6, 6.07) is -0.486. The predicted molar refractivity (Wildman–Crippen MR) is 96.6 cm³/mol. The molecule has 0 aromatic carbocycles. The highest BCUT2D eigenvalue weighted by atomic mass is 16.7. The predicted octanol–water partition coefficient (Wildman–Crippen LogP) is 0.259. The van der Waals surface area contributed by atoms with Crippen molar-refractivity contribution in [2.24, 2.45) is 16.8 Å². The highest BCUT2D eigenvalue weighted by molar-refractivity contribution is 5.87. The number of esters is 4.